The summed E-state index contributed by atoms with van der Waals surface area (Å²) in [6, 6.07) is 3.22. The second-order valence-corrected chi connectivity index (χ2v) is 6.37. The zero-order valence-electron chi connectivity index (χ0n) is 12.6. The van der Waals surface area contributed by atoms with Crippen molar-refractivity contribution in [2.45, 2.75) is 38.4 Å². The zero-order chi connectivity index (χ0) is 16.4. The largest absolute Gasteiger partial charge is 0.468 e. The Hall–Kier alpha value is -1.79. The SMILES string of the molecule is O=C(NCc1cccnc1OCC(F)(F)F)C1CC2CCC1C2. The maximum absolute atomic E-state index is 12.3. The Morgan fingerprint density at radius 3 is 2.83 bits per heavy atom. The van der Waals surface area contributed by atoms with Gasteiger partial charge in [-0.15, -0.1) is 0 Å². The minimum atomic E-state index is -4.42. The van der Waals surface area contributed by atoms with Crippen LogP contribution in [0, 0.1) is 17.8 Å². The third-order valence-electron chi connectivity index (χ3n) is 4.75. The second kappa shape index (κ2) is 6.37. The van der Waals surface area contributed by atoms with Crippen LogP contribution in [-0.4, -0.2) is 23.7 Å². The maximum Gasteiger partial charge on any atom is 0.422 e. The van der Waals surface area contributed by atoms with E-state index in [9.17, 15) is 18.0 Å². The molecule has 0 aliphatic heterocycles. The third-order valence-corrected chi connectivity index (χ3v) is 4.75. The Kier molecular flexibility index (Phi) is 4.46. The van der Waals surface area contributed by atoms with Crippen LogP contribution in [0.25, 0.3) is 0 Å². The highest BCUT2D eigenvalue weighted by molar-refractivity contribution is 5.79. The number of aromatic nitrogens is 1. The van der Waals surface area contributed by atoms with Gasteiger partial charge in [-0.3, -0.25) is 4.79 Å². The number of nitrogens with zero attached hydrogens (tertiary/aromatic N) is 1. The first kappa shape index (κ1) is 16.1. The molecule has 23 heavy (non-hydrogen) atoms. The van der Waals surface area contributed by atoms with Gasteiger partial charge in [0.05, 0.1) is 0 Å². The standard InChI is InChI=1S/C16H19F3N2O2/c17-16(18,19)9-23-15-12(2-1-5-20-15)8-21-14(22)13-7-10-3-4-11(13)6-10/h1-2,5,10-11,13H,3-4,6-9H2,(H,21,22). The van der Waals surface area contributed by atoms with E-state index in [0.717, 1.165) is 19.3 Å². The van der Waals surface area contributed by atoms with Crippen LogP contribution in [-0.2, 0) is 11.3 Å². The van der Waals surface area contributed by atoms with Crippen LogP contribution in [0.2, 0.25) is 0 Å². The summed E-state index contributed by atoms with van der Waals surface area (Å²) in [5.74, 6) is 1.08. The van der Waals surface area contributed by atoms with Crippen molar-refractivity contribution in [3.63, 3.8) is 0 Å². The van der Waals surface area contributed by atoms with Crippen molar-refractivity contribution in [3.8, 4) is 5.88 Å². The normalized spacial score (nSPS) is 26.3. The molecule has 1 heterocycles. The summed E-state index contributed by atoms with van der Waals surface area (Å²) in [6.07, 6.45) is 1.34. The first-order valence-electron chi connectivity index (χ1n) is 7.83. The number of carbonyl (C=O) groups excluding carboxylic acids is 1. The van der Waals surface area contributed by atoms with Gasteiger partial charge in [0, 0.05) is 24.2 Å². The third kappa shape index (κ3) is 3.95. The Balaban J connectivity index is 1.56. The van der Waals surface area contributed by atoms with Crippen LogP contribution in [0.1, 0.15) is 31.2 Å². The lowest BCUT2D eigenvalue weighted by molar-refractivity contribution is -0.154. The topological polar surface area (TPSA) is 51.2 Å². The molecule has 3 rings (SSSR count). The van der Waals surface area contributed by atoms with Gasteiger partial charge in [-0.1, -0.05) is 12.5 Å². The van der Waals surface area contributed by atoms with Gasteiger partial charge in [-0.2, -0.15) is 13.2 Å². The van der Waals surface area contributed by atoms with Gasteiger partial charge in [-0.05, 0) is 37.2 Å². The molecule has 1 aromatic heterocycles. The molecule has 1 amide bonds. The average molecular weight is 328 g/mol. The summed E-state index contributed by atoms with van der Waals surface area (Å²) in [5, 5.41) is 2.82. The molecule has 1 N–H and O–H groups in total. The van der Waals surface area contributed by atoms with Crippen molar-refractivity contribution < 1.29 is 22.7 Å². The molecule has 2 aliphatic carbocycles. The number of hydrogen-bond donors (Lipinski definition) is 1. The minimum absolute atomic E-state index is 0.0113. The number of nitrogens with one attached hydrogen (secondary N) is 1. The molecule has 2 aliphatic rings. The van der Waals surface area contributed by atoms with E-state index >= 15 is 0 Å². The first-order valence-corrected chi connectivity index (χ1v) is 7.83. The molecule has 2 saturated carbocycles. The van der Waals surface area contributed by atoms with Gasteiger partial charge in [0.15, 0.2) is 6.61 Å². The number of halogens is 3. The van der Waals surface area contributed by atoms with Crippen molar-refractivity contribution in [2.24, 2.45) is 17.8 Å². The van der Waals surface area contributed by atoms with E-state index < -0.39 is 12.8 Å². The zero-order valence-corrected chi connectivity index (χ0v) is 12.6. The maximum atomic E-state index is 12.3. The Labute approximate surface area is 132 Å². The van der Waals surface area contributed by atoms with E-state index in [1.54, 1.807) is 12.1 Å². The summed E-state index contributed by atoms with van der Waals surface area (Å²) in [5.41, 5.74) is 0.452. The molecular formula is C16H19F3N2O2. The Morgan fingerprint density at radius 2 is 2.17 bits per heavy atom. The van der Waals surface area contributed by atoms with E-state index in [1.807, 2.05) is 0 Å². The van der Waals surface area contributed by atoms with Gasteiger partial charge in [0.1, 0.15) is 0 Å². The predicted molar refractivity (Wildman–Crippen MR) is 76.6 cm³/mol. The molecule has 3 unspecified atom stereocenters. The van der Waals surface area contributed by atoms with Gasteiger partial charge in [0.2, 0.25) is 11.8 Å². The lowest BCUT2D eigenvalue weighted by Gasteiger charge is -2.21. The van der Waals surface area contributed by atoms with Gasteiger partial charge in [-0.25, -0.2) is 4.98 Å². The number of fused-ring (bicyclic) bond motifs is 2. The molecule has 0 spiro atoms. The molecule has 126 valence electrons. The van der Waals surface area contributed by atoms with E-state index in [1.165, 1.54) is 12.6 Å². The highest BCUT2D eigenvalue weighted by Gasteiger charge is 2.42. The summed E-state index contributed by atoms with van der Waals surface area (Å²) in [7, 11) is 0. The van der Waals surface area contributed by atoms with Crippen molar-refractivity contribution in [1.29, 1.82) is 0 Å². The van der Waals surface area contributed by atoms with Crippen molar-refractivity contribution in [1.82, 2.24) is 10.3 Å². The molecular weight excluding hydrogens is 309 g/mol. The van der Waals surface area contributed by atoms with Crippen molar-refractivity contribution >= 4 is 5.91 Å². The van der Waals surface area contributed by atoms with E-state index in [-0.39, 0.29) is 24.2 Å². The molecule has 4 nitrogen and oxygen atoms in total. The number of alkyl halides is 3. The molecule has 2 fully saturated rings. The lowest BCUT2D eigenvalue weighted by Crippen LogP contribution is -2.33. The smallest absolute Gasteiger partial charge is 0.422 e. The first-order chi connectivity index (χ1) is 10.9. The number of carbonyl (C=O) groups is 1. The van der Waals surface area contributed by atoms with Gasteiger partial charge in [0.25, 0.3) is 0 Å². The number of amides is 1. The molecule has 3 atom stereocenters. The Morgan fingerprint density at radius 1 is 1.35 bits per heavy atom. The van der Waals surface area contributed by atoms with E-state index in [2.05, 4.69) is 10.3 Å². The summed E-state index contributed by atoms with van der Waals surface area (Å²) < 4.78 is 41.5. The number of hydrogen-bond acceptors (Lipinski definition) is 3. The van der Waals surface area contributed by atoms with Crippen LogP contribution in [0.4, 0.5) is 13.2 Å². The highest BCUT2D eigenvalue weighted by Crippen LogP contribution is 2.48. The fraction of sp³-hybridized carbons (Fsp3) is 0.625. The Bertz CT molecular complexity index is 577. The van der Waals surface area contributed by atoms with Crippen LogP contribution >= 0.6 is 0 Å². The van der Waals surface area contributed by atoms with Crippen LogP contribution in [0.5, 0.6) is 5.88 Å². The fourth-order valence-corrected chi connectivity index (χ4v) is 3.72. The van der Waals surface area contributed by atoms with Gasteiger partial charge >= 0.3 is 6.18 Å². The second-order valence-electron chi connectivity index (χ2n) is 6.37. The van der Waals surface area contributed by atoms with Gasteiger partial charge < -0.3 is 10.1 Å². The quantitative estimate of drug-likeness (QED) is 0.904. The highest BCUT2D eigenvalue weighted by atomic mass is 19.4. The van der Waals surface area contributed by atoms with Crippen LogP contribution < -0.4 is 10.1 Å². The molecule has 7 heteroatoms. The molecule has 2 bridgehead atoms. The number of pyridine rings is 1. The molecule has 1 aromatic rings. The molecule has 0 radical (unpaired) electrons. The van der Waals surface area contributed by atoms with E-state index in [0.29, 0.717) is 17.4 Å². The van der Waals surface area contributed by atoms with Crippen LogP contribution in [0.3, 0.4) is 0 Å². The van der Waals surface area contributed by atoms with Crippen molar-refractivity contribution in [3.05, 3.63) is 23.9 Å². The minimum Gasteiger partial charge on any atom is -0.468 e. The monoisotopic (exact) mass is 328 g/mol. The number of ether oxygens (including phenoxy) is 1. The number of rotatable bonds is 5. The van der Waals surface area contributed by atoms with Crippen LogP contribution in [0.15, 0.2) is 18.3 Å². The molecule has 0 aromatic carbocycles. The van der Waals surface area contributed by atoms with E-state index in [4.69, 9.17) is 4.74 Å². The summed E-state index contributed by atoms with van der Waals surface area (Å²) >= 11 is 0. The predicted octanol–water partition coefficient (Wildman–Crippen LogP) is 3.08. The lowest BCUT2D eigenvalue weighted by atomic mass is 9.88. The summed E-state index contributed by atoms with van der Waals surface area (Å²) in [6.45, 7) is -1.26. The average Bonchev–Trinajstić information content (AvgIpc) is 3.13. The van der Waals surface area contributed by atoms with Crippen molar-refractivity contribution in [2.75, 3.05) is 6.61 Å². The fourth-order valence-electron chi connectivity index (χ4n) is 3.72. The summed E-state index contributed by atoms with van der Waals surface area (Å²) in [4.78, 5) is 16.1. The molecule has 0 saturated heterocycles.